The van der Waals surface area contributed by atoms with Crippen LogP contribution in [-0.4, -0.2) is 52.5 Å². The van der Waals surface area contributed by atoms with E-state index in [1.165, 1.54) is 24.5 Å². The van der Waals surface area contributed by atoms with Gasteiger partial charge in [-0.25, -0.2) is 12.7 Å². The van der Waals surface area contributed by atoms with Crippen LogP contribution < -0.4 is 14.4 Å². The zero-order chi connectivity index (χ0) is 20.5. The number of sulfonamides is 1. The molecule has 7 nitrogen and oxygen atoms in total. The maximum atomic E-state index is 12.9. The van der Waals surface area contributed by atoms with Gasteiger partial charge in [0, 0.05) is 32.4 Å². The third kappa shape index (κ3) is 3.83. The van der Waals surface area contributed by atoms with Gasteiger partial charge in [0.15, 0.2) is 6.10 Å². The summed E-state index contributed by atoms with van der Waals surface area (Å²) in [6, 6.07) is 12.0. The first-order valence-corrected chi connectivity index (χ1v) is 10.4. The van der Waals surface area contributed by atoms with Crippen molar-refractivity contribution in [2.45, 2.75) is 24.3 Å². The molecule has 0 saturated heterocycles. The van der Waals surface area contributed by atoms with Crippen molar-refractivity contribution >= 4 is 21.6 Å². The number of rotatable bonds is 6. The standard InChI is InChI=1S/C20H24N2O5S/c1-14(27-17-7-5-6-16(13-17)26-4)20(23)22-11-10-15-12-18(8-9-19(15)22)28(24,25)21(2)3/h5-9,12-14H,10-11H2,1-4H3/t14-/m0/s1. The molecule has 3 rings (SSSR count). The molecule has 0 unspecified atom stereocenters. The van der Waals surface area contributed by atoms with Crippen molar-refractivity contribution in [3.8, 4) is 11.5 Å². The maximum Gasteiger partial charge on any atom is 0.267 e. The molecule has 1 atom stereocenters. The first-order valence-electron chi connectivity index (χ1n) is 8.91. The van der Waals surface area contributed by atoms with Gasteiger partial charge in [0.2, 0.25) is 10.0 Å². The highest BCUT2D eigenvalue weighted by atomic mass is 32.2. The Kier molecular flexibility index (Phi) is 5.62. The Morgan fingerprint density at radius 1 is 1.14 bits per heavy atom. The van der Waals surface area contributed by atoms with Crippen LogP contribution in [0.1, 0.15) is 12.5 Å². The van der Waals surface area contributed by atoms with Crippen molar-refractivity contribution in [2.75, 3.05) is 32.6 Å². The van der Waals surface area contributed by atoms with Crippen LogP contribution >= 0.6 is 0 Å². The molecule has 1 aliphatic heterocycles. The molecule has 1 amide bonds. The highest BCUT2D eigenvalue weighted by Crippen LogP contribution is 2.32. The van der Waals surface area contributed by atoms with Gasteiger partial charge in [-0.1, -0.05) is 6.07 Å². The number of fused-ring (bicyclic) bond motifs is 1. The second-order valence-electron chi connectivity index (χ2n) is 6.76. The van der Waals surface area contributed by atoms with E-state index in [2.05, 4.69) is 0 Å². The largest absolute Gasteiger partial charge is 0.497 e. The van der Waals surface area contributed by atoms with E-state index in [4.69, 9.17) is 9.47 Å². The van der Waals surface area contributed by atoms with Crippen LogP contribution in [-0.2, 0) is 21.2 Å². The molecular weight excluding hydrogens is 380 g/mol. The summed E-state index contributed by atoms with van der Waals surface area (Å²) >= 11 is 0. The van der Waals surface area contributed by atoms with Crippen molar-refractivity contribution in [3.05, 3.63) is 48.0 Å². The van der Waals surface area contributed by atoms with Crippen molar-refractivity contribution in [1.82, 2.24) is 4.31 Å². The van der Waals surface area contributed by atoms with E-state index in [-0.39, 0.29) is 10.8 Å². The second kappa shape index (κ2) is 7.81. The summed E-state index contributed by atoms with van der Waals surface area (Å²) < 4.78 is 36.8. The molecule has 0 saturated carbocycles. The fourth-order valence-electron chi connectivity index (χ4n) is 3.13. The highest BCUT2D eigenvalue weighted by Gasteiger charge is 2.30. The van der Waals surface area contributed by atoms with E-state index in [0.29, 0.717) is 24.5 Å². The Morgan fingerprint density at radius 2 is 1.86 bits per heavy atom. The Balaban J connectivity index is 1.78. The molecule has 0 radical (unpaired) electrons. The Hall–Kier alpha value is -2.58. The fraction of sp³-hybridized carbons (Fsp3) is 0.350. The topological polar surface area (TPSA) is 76.1 Å². The van der Waals surface area contributed by atoms with E-state index in [9.17, 15) is 13.2 Å². The summed E-state index contributed by atoms with van der Waals surface area (Å²) in [5, 5.41) is 0. The summed E-state index contributed by atoms with van der Waals surface area (Å²) in [6.07, 6.45) is -0.0905. The number of amides is 1. The molecule has 150 valence electrons. The molecule has 1 aliphatic rings. The summed E-state index contributed by atoms with van der Waals surface area (Å²) in [7, 11) is 1.05. The smallest absolute Gasteiger partial charge is 0.267 e. The molecule has 0 fully saturated rings. The lowest BCUT2D eigenvalue weighted by Gasteiger charge is -2.23. The number of hydrogen-bond acceptors (Lipinski definition) is 5. The summed E-state index contributed by atoms with van der Waals surface area (Å²) in [6.45, 7) is 2.19. The number of carbonyl (C=O) groups is 1. The van der Waals surface area contributed by atoms with Crippen LogP contribution in [0, 0.1) is 0 Å². The van der Waals surface area contributed by atoms with E-state index in [1.807, 2.05) is 0 Å². The van der Waals surface area contributed by atoms with Gasteiger partial charge in [-0.3, -0.25) is 4.79 Å². The van der Waals surface area contributed by atoms with Crippen LogP contribution in [0.15, 0.2) is 47.4 Å². The molecular formula is C20H24N2O5S. The molecule has 28 heavy (non-hydrogen) atoms. The Labute approximate surface area is 165 Å². The maximum absolute atomic E-state index is 12.9. The molecule has 2 aromatic carbocycles. The minimum atomic E-state index is -3.51. The van der Waals surface area contributed by atoms with Gasteiger partial charge < -0.3 is 14.4 Å². The first kappa shape index (κ1) is 20.2. The quantitative estimate of drug-likeness (QED) is 0.738. The van der Waals surface area contributed by atoms with Gasteiger partial charge >= 0.3 is 0 Å². The molecule has 0 aromatic heterocycles. The fourth-order valence-corrected chi connectivity index (χ4v) is 4.08. The number of hydrogen-bond donors (Lipinski definition) is 0. The van der Waals surface area contributed by atoms with Crippen LogP contribution in [0.2, 0.25) is 0 Å². The minimum Gasteiger partial charge on any atom is -0.497 e. The average Bonchev–Trinajstić information content (AvgIpc) is 3.10. The first-order chi connectivity index (χ1) is 13.2. The van der Waals surface area contributed by atoms with E-state index < -0.39 is 16.1 Å². The van der Waals surface area contributed by atoms with Gasteiger partial charge in [-0.05, 0) is 49.2 Å². The van der Waals surface area contributed by atoms with Gasteiger partial charge in [0.25, 0.3) is 5.91 Å². The third-order valence-corrected chi connectivity index (χ3v) is 6.50. The molecule has 0 bridgehead atoms. The van der Waals surface area contributed by atoms with Crippen LogP contribution in [0.25, 0.3) is 0 Å². The van der Waals surface area contributed by atoms with Gasteiger partial charge in [-0.15, -0.1) is 0 Å². The number of anilines is 1. The van der Waals surface area contributed by atoms with E-state index in [0.717, 1.165) is 11.3 Å². The number of carbonyl (C=O) groups excluding carboxylic acids is 1. The van der Waals surface area contributed by atoms with Crippen molar-refractivity contribution < 1.29 is 22.7 Å². The number of benzene rings is 2. The molecule has 2 aromatic rings. The summed E-state index contributed by atoms with van der Waals surface area (Å²) in [5.41, 5.74) is 1.56. The van der Waals surface area contributed by atoms with E-state index >= 15 is 0 Å². The molecule has 8 heteroatoms. The highest BCUT2D eigenvalue weighted by molar-refractivity contribution is 7.89. The zero-order valence-electron chi connectivity index (χ0n) is 16.4. The number of methoxy groups -OCH3 is 1. The predicted molar refractivity (Wildman–Crippen MR) is 106 cm³/mol. The van der Waals surface area contributed by atoms with Crippen molar-refractivity contribution in [1.29, 1.82) is 0 Å². The Morgan fingerprint density at radius 3 is 2.54 bits per heavy atom. The SMILES string of the molecule is COc1cccc(O[C@@H](C)C(=O)N2CCc3cc(S(=O)(=O)N(C)C)ccc32)c1. The van der Waals surface area contributed by atoms with E-state index in [1.54, 1.807) is 55.3 Å². The van der Waals surface area contributed by atoms with Crippen LogP contribution in [0.3, 0.4) is 0 Å². The molecule has 0 aliphatic carbocycles. The summed E-state index contributed by atoms with van der Waals surface area (Å²) in [5.74, 6) is 1.02. The molecule has 0 N–H and O–H groups in total. The van der Waals surface area contributed by atoms with Gasteiger partial charge in [0.05, 0.1) is 12.0 Å². The average molecular weight is 404 g/mol. The molecule has 1 heterocycles. The summed E-state index contributed by atoms with van der Waals surface area (Å²) in [4.78, 5) is 14.8. The lowest BCUT2D eigenvalue weighted by molar-refractivity contribution is -0.124. The zero-order valence-corrected chi connectivity index (χ0v) is 17.2. The van der Waals surface area contributed by atoms with Crippen LogP contribution in [0.5, 0.6) is 11.5 Å². The number of nitrogens with zero attached hydrogens (tertiary/aromatic N) is 2. The second-order valence-corrected chi connectivity index (χ2v) is 8.91. The molecule has 0 spiro atoms. The van der Waals surface area contributed by atoms with Gasteiger partial charge in [0.1, 0.15) is 11.5 Å². The van der Waals surface area contributed by atoms with Gasteiger partial charge in [-0.2, -0.15) is 0 Å². The minimum absolute atomic E-state index is 0.176. The van der Waals surface area contributed by atoms with Crippen molar-refractivity contribution in [3.63, 3.8) is 0 Å². The number of ether oxygens (including phenoxy) is 2. The third-order valence-electron chi connectivity index (χ3n) is 4.69. The lowest BCUT2D eigenvalue weighted by atomic mass is 10.2. The van der Waals surface area contributed by atoms with Crippen molar-refractivity contribution in [2.24, 2.45) is 0 Å². The van der Waals surface area contributed by atoms with Crippen LogP contribution in [0.4, 0.5) is 5.69 Å². The lowest BCUT2D eigenvalue weighted by Crippen LogP contribution is -2.39. The predicted octanol–water partition coefficient (Wildman–Crippen LogP) is 2.30. The normalized spacial score (nSPS) is 14.7. The Bertz CT molecular complexity index is 988. The monoisotopic (exact) mass is 404 g/mol.